The number of aromatic nitrogens is 2. The Hall–Kier alpha value is -3.08. The normalized spacial score (nSPS) is 23.9. The van der Waals surface area contributed by atoms with Crippen LogP contribution in [0.25, 0.3) is 0 Å². The third-order valence-corrected chi connectivity index (χ3v) is 7.54. The molecule has 2 aliphatic heterocycles. The number of nitrogens with two attached hydrogens (primary N) is 1. The number of pyridine rings is 2. The first-order valence-electron chi connectivity index (χ1n) is 13.0. The number of hydrogen-bond donors (Lipinski definition) is 3. The van der Waals surface area contributed by atoms with Crippen LogP contribution in [0.1, 0.15) is 54.6 Å². The number of ether oxygens (including phenoxy) is 1. The molecule has 0 aromatic carbocycles. The monoisotopic (exact) mass is 511 g/mol. The van der Waals surface area contributed by atoms with E-state index in [1.165, 1.54) is 5.56 Å². The predicted octanol–water partition coefficient (Wildman–Crippen LogP) is 1.62. The lowest BCUT2D eigenvalue weighted by Gasteiger charge is -2.40. The fourth-order valence-corrected chi connectivity index (χ4v) is 5.16. The number of nitrogens with zero attached hydrogens (tertiary/aromatic N) is 4. The van der Waals surface area contributed by atoms with E-state index in [9.17, 15) is 19.8 Å². The smallest absolute Gasteiger partial charge is 0.312 e. The maximum atomic E-state index is 13.3. The van der Waals surface area contributed by atoms with Crippen LogP contribution >= 0.6 is 0 Å². The molecule has 2 aliphatic rings. The first kappa shape index (κ1) is 27.0. The van der Waals surface area contributed by atoms with Crippen LogP contribution in [0.15, 0.2) is 42.7 Å². The van der Waals surface area contributed by atoms with E-state index >= 15 is 0 Å². The van der Waals surface area contributed by atoms with Crippen molar-refractivity contribution in [3.63, 3.8) is 0 Å². The zero-order chi connectivity index (χ0) is 26.3. The van der Waals surface area contributed by atoms with Gasteiger partial charge in [0.05, 0.1) is 11.5 Å². The fraction of sp³-hybridized carbons (Fsp3) is 0.556. The standard InChI is InChI=1S/C27H37N5O5/c28-24-5-3-4-21(30-24)25(35)32-14-2-1-9-27(26(36)37-19-23(34)22(33)8-15-32)10-16-31(17-11-27)18-20-6-12-29-13-7-20/h3-7,12-13,22-23,33-34H,1-2,8-11,14-19H2,(H2,28,30)/t22-,23+/m0/s1. The van der Waals surface area contributed by atoms with Crippen LogP contribution in [0.5, 0.6) is 0 Å². The summed E-state index contributed by atoms with van der Waals surface area (Å²) in [4.78, 5) is 38.6. The van der Waals surface area contributed by atoms with E-state index in [0.717, 1.165) is 26.1 Å². The van der Waals surface area contributed by atoms with Crippen molar-refractivity contribution in [1.82, 2.24) is 19.8 Å². The highest BCUT2D eigenvalue weighted by Gasteiger charge is 2.42. The van der Waals surface area contributed by atoms with Gasteiger partial charge >= 0.3 is 5.97 Å². The Morgan fingerprint density at radius 2 is 1.78 bits per heavy atom. The Balaban J connectivity index is 1.43. The molecule has 10 nitrogen and oxygen atoms in total. The van der Waals surface area contributed by atoms with Gasteiger partial charge in [-0.05, 0) is 75.0 Å². The van der Waals surface area contributed by atoms with Crippen molar-refractivity contribution >= 4 is 17.7 Å². The second kappa shape index (κ2) is 12.4. The number of aliphatic hydroxyl groups is 2. The molecule has 1 amide bonds. The third kappa shape index (κ3) is 7.03. The average Bonchev–Trinajstić information content (AvgIpc) is 2.92. The van der Waals surface area contributed by atoms with Crippen molar-refractivity contribution in [2.24, 2.45) is 5.41 Å². The van der Waals surface area contributed by atoms with Gasteiger partial charge in [-0.15, -0.1) is 0 Å². The highest BCUT2D eigenvalue weighted by atomic mass is 16.5. The molecule has 4 heterocycles. The molecular formula is C27H37N5O5. The number of carbonyl (C=O) groups is 2. The molecule has 2 fully saturated rings. The molecule has 4 N–H and O–H groups in total. The molecule has 200 valence electrons. The van der Waals surface area contributed by atoms with Crippen molar-refractivity contribution in [2.75, 3.05) is 38.5 Å². The molecule has 2 saturated heterocycles. The molecular weight excluding hydrogens is 474 g/mol. The van der Waals surface area contributed by atoms with Crippen LogP contribution in [0, 0.1) is 5.41 Å². The van der Waals surface area contributed by atoms with Crippen LogP contribution in [-0.2, 0) is 16.1 Å². The lowest BCUT2D eigenvalue weighted by atomic mass is 9.74. The molecule has 0 saturated carbocycles. The number of nitrogen functional groups attached to an aromatic ring is 1. The summed E-state index contributed by atoms with van der Waals surface area (Å²) in [6, 6.07) is 8.91. The first-order chi connectivity index (χ1) is 17.9. The van der Waals surface area contributed by atoms with E-state index in [1.807, 2.05) is 12.1 Å². The van der Waals surface area contributed by atoms with Gasteiger partial charge in [0.2, 0.25) is 0 Å². The Labute approximate surface area is 217 Å². The summed E-state index contributed by atoms with van der Waals surface area (Å²) in [7, 11) is 0. The molecule has 0 radical (unpaired) electrons. The summed E-state index contributed by atoms with van der Waals surface area (Å²) in [5.41, 5.74) is 6.55. The number of carbonyl (C=O) groups excluding carboxylic acids is 2. The Kier molecular flexibility index (Phi) is 9.07. The lowest BCUT2D eigenvalue weighted by Crippen LogP contribution is -2.45. The van der Waals surface area contributed by atoms with E-state index < -0.39 is 17.6 Å². The number of likely N-dealkylation sites (tertiary alicyclic amines) is 1. The van der Waals surface area contributed by atoms with E-state index in [4.69, 9.17) is 10.5 Å². The zero-order valence-electron chi connectivity index (χ0n) is 21.2. The molecule has 0 bridgehead atoms. The van der Waals surface area contributed by atoms with Gasteiger partial charge in [0.1, 0.15) is 24.2 Å². The number of aliphatic hydroxyl groups excluding tert-OH is 2. The van der Waals surface area contributed by atoms with E-state index in [-0.39, 0.29) is 43.0 Å². The van der Waals surface area contributed by atoms with Gasteiger partial charge in [0.25, 0.3) is 5.91 Å². The van der Waals surface area contributed by atoms with Gasteiger partial charge in [-0.1, -0.05) is 12.5 Å². The summed E-state index contributed by atoms with van der Waals surface area (Å²) in [6.45, 7) is 2.75. The maximum absolute atomic E-state index is 13.3. The minimum absolute atomic E-state index is 0.155. The molecule has 37 heavy (non-hydrogen) atoms. The number of amides is 1. The minimum atomic E-state index is -1.23. The van der Waals surface area contributed by atoms with Gasteiger partial charge in [0, 0.05) is 32.0 Å². The first-order valence-corrected chi connectivity index (χ1v) is 13.0. The number of cyclic esters (lactones) is 1. The van der Waals surface area contributed by atoms with Gasteiger partial charge in [-0.2, -0.15) is 0 Å². The van der Waals surface area contributed by atoms with Crippen molar-refractivity contribution in [3.05, 3.63) is 54.0 Å². The SMILES string of the molecule is Nc1cccc(C(=O)N2CCCCC3(CCN(Cc4ccncc4)CC3)C(=O)OC[C@@H](O)[C@@H](O)CC2)n1. The van der Waals surface area contributed by atoms with E-state index in [0.29, 0.717) is 32.2 Å². The molecule has 10 heteroatoms. The van der Waals surface area contributed by atoms with Crippen molar-refractivity contribution in [1.29, 1.82) is 0 Å². The minimum Gasteiger partial charge on any atom is -0.462 e. The number of anilines is 1. The van der Waals surface area contributed by atoms with Gasteiger partial charge in [-0.25, -0.2) is 4.98 Å². The molecule has 1 spiro atoms. The van der Waals surface area contributed by atoms with Crippen LogP contribution in [0.4, 0.5) is 5.82 Å². The van der Waals surface area contributed by atoms with Crippen molar-refractivity contribution in [2.45, 2.75) is 57.3 Å². The summed E-state index contributed by atoms with van der Waals surface area (Å²) < 4.78 is 5.56. The second-order valence-electron chi connectivity index (χ2n) is 10.1. The Morgan fingerprint density at radius 3 is 2.51 bits per heavy atom. The Bertz CT molecular complexity index is 1040. The third-order valence-electron chi connectivity index (χ3n) is 7.54. The highest BCUT2D eigenvalue weighted by Crippen LogP contribution is 2.38. The fourth-order valence-electron chi connectivity index (χ4n) is 5.16. The molecule has 2 aromatic heterocycles. The van der Waals surface area contributed by atoms with Gasteiger partial charge in [-0.3, -0.25) is 19.5 Å². The van der Waals surface area contributed by atoms with Gasteiger partial charge in [0.15, 0.2) is 0 Å². The Morgan fingerprint density at radius 1 is 1.03 bits per heavy atom. The summed E-state index contributed by atoms with van der Waals surface area (Å²) in [5, 5.41) is 20.9. The topological polar surface area (TPSA) is 142 Å². The largest absolute Gasteiger partial charge is 0.462 e. The molecule has 4 rings (SSSR count). The van der Waals surface area contributed by atoms with E-state index in [1.54, 1.807) is 35.5 Å². The molecule has 0 unspecified atom stereocenters. The number of esters is 1. The predicted molar refractivity (Wildman–Crippen MR) is 137 cm³/mol. The number of piperidine rings is 1. The summed E-state index contributed by atoms with van der Waals surface area (Å²) in [6.07, 6.45) is 4.77. The summed E-state index contributed by atoms with van der Waals surface area (Å²) >= 11 is 0. The average molecular weight is 512 g/mol. The maximum Gasteiger partial charge on any atom is 0.312 e. The summed E-state index contributed by atoms with van der Waals surface area (Å²) in [5.74, 6) is -0.311. The van der Waals surface area contributed by atoms with Gasteiger partial charge < -0.3 is 25.6 Å². The van der Waals surface area contributed by atoms with Crippen LogP contribution in [0.3, 0.4) is 0 Å². The number of rotatable bonds is 3. The molecule has 0 aliphatic carbocycles. The molecule has 2 aromatic rings. The zero-order valence-corrected chi connectivity index (χ0v) is 21.2. The van der Waals surface area contributed by atoms with Crippen molar-refractivity contribution in [3.8, 4) is 0 Å². The molecule has 2 atom stereocenters. The van der Waals surface area contributed by atoms with Crippen molar-refractivity contribution < 1.29 is 24.5 Å². The quantitative estimate of drug-likeness (QED) is 0.524. The highest BCUT2D eigenvalue weighted by molar-refractivity contribution is 5.92. The lowest BCUT2D eigenvalue weighted by molar-refractivity contribution is -0.165. The van der Waals surface area contributed by atoms with Crippen LogP contribution < -0.4 is 5.73 Å². The number of hydrogen-bond acceptors (Lipinski definition) is 9. The second-order valence-corrected chi connectivity index (χ2v) is 10.1. The van der Waals surface area contributed by atoms with Crippen LogP contribution in [-0.4, -0.2) is 86.9 Å². The van der Waals surface area contributed by atoms with Crippen LogP contribution in [0.2, 0.25) is 0 Å². The van der Waals surface area contributed by atoms with E-state index in [2.05, 4.69) is 14.9 Å².